The van der Waals surface area contributed by atoms with Gasteiger partial charge in [0.2, 0.25) is 0 Å². The summed E-state index contributed by atoms with van der Waals surface area (Å²) in [5, 5.41) is 10.2. The molecule has 2 rings (SSSR count). The van der Waals surface area contributed by atoms with Crippen LogP contribution in [0.3, 0.4) is 0 Å². The Kier molecular flexibility index (Phi) is 6.08. The summed E-state index contributed by atoms with van der Waals surface area (Å²) in [5.74, 6) is 12.2. The number of allylic oxidation sites excluding steroid dienone is 3. The highest BCUT2D eigenvalue weighted by Crippen LogP contribution is 2.48. The minimum atomic E-state index is -0.645. The van der Waals surface area contributed by atoms with Gasteiger partial charge in [0.05, 0.1) is 0 Å². The molecular formula is C20H26O3. The Bertz CT molecular complexity index is 604. The lowest BCUT2D eigenvalue weighted by atomic mass is 9.62. The second-order valence-electron chi connectivity index (χ2n) is 6.75. The summed E-state index contributed by atoms with van der Waals surface area (Å²) >= 11 is 0. The van der Waals surface area contributed by atoms with Gasteiger partial charge in [-0.2, -0.15) is 0 Å². The van der Waals surface area contributed by atoms with Crippen LogP contribution in [0.15, 0.2) is 23.3 Å². The first kappa shape index (κ1) is 17.8. The van der Waals surface area contributed by atoms with E-state index >= 15 is 0 Å². The molecule has 23 heavy (non-hydrogen) atoms. The summed E-state index contributed by atoms with van der Waals surface area (Å²) < 4.78 is 10.9. The Balaban J connectivity index is 2.44. The van der Waals surface area contributed by atoms with Crippen LogP contribution in [0.1, 0.15) is 40.0 Å². The van der Waals surface area contributed by atoms with Crippen LogP contribution in [0.5, 0.6) is 0 Å². The third-order valence-electron chi connectivity index (χ3n) is 4.90. The maximum absolute atomic E-state index is 10.2. The van der Waals surface area contributed by atoms with Crippen LogP contribution in [-0.2, 0) is 9.47 Å². The highest BCUT2D eigenvalue weighted by Gasteiger charge is 2.42. The van der Waals surface area contributed by atoms with Gasteiger partial charge in [-0.1, -0.05) is 48.7 Å². The first-order valence-corrected chi connectivity index (χ1v) is 8.11. The molecule has 0 fully saturated rings. The number of hydrogen-bond acceptors (Lipinski definition) is 3. The number of methoxy groups -OCH3 is 1. The fraction of sp³-hybridized carbons (Fsp3) is 0.600. The van der Waals surface area contributed by atoms with Crippen LogP contribution < -0.4 is 0 Å². The van der Waals surface area contributed by atoms with Crippen LogP contribution in [0.2, 0.25) is 0 Å². The van der Waals surface area contributed by atoms with Crippen molar-refractivity contribution in [1.29, 1.82) is 0 Å². The molecule has 1 N–H and O–H groups in total. The van der Waals surface area contributed by atoms with Gasteiger partial charge in [-0.3, -0.25) is 0 Å². The van der Waals surface area contributed by atoms with Crippen LogP contribution in [0.25, 0.3) is 0 Å². The van der Waals surface area contributed by atoms with Crippen molar-refractivity contribution in [1.82, 2.24) is 0 Å². The zero-order chi connectivity index (χ0) is 16.9. The number of aliphatic hydroxyl groups excluding tert-OH is 1. The number of rotatable bonds is 3. The van der Waals surface area contributed by atoms with Gasteiger partial charge >= 0.3 is 0 Å². The van der Waals surface area contributed by atoms with Gasteiger partial charge in [-0.15, -0.1) is 0 Å². The van der Waals surface area contributed by atoms with E-state index in [1.54, 1.807) is 19.3 Å². The van der Waals surface area contributed by atoms with Crippen molar-refractivity contribution < 1.29 is 14.6 Å². The molecule has 2 aliphatic carbocycles. The second kappa shape index (κ2) is 7.84. The van der Waals surface area contributed by atoms with Gasteiger partial charge < -0.3 is 14.6 Å². The first-order chi connectivity index (χ1) is 11.0. The maximum Gasteiger partial charge on any atom is 0.148 e. The molecule has 3 heteroatoms. The summed E-state index contributed by atoms with van der Waals surface area (Å²) in [6.45, 7) is 6.84. The van der Waals surface area contributed by atoms with Gasteiger partial charge in [-0.05, 0) is 37.3 Å². The van der Waals surface area contributed by atoms with E-state index < -0.39 is 6.10 Å². The highest BCUT2D eigenvalue weighted by molar-refractivity contribution is 5.33. The Hall–Kier alpha value is -1.52. The quantitative estimate of drug-likeness (QED) is 0.494. The van der Waals surface area contributed by atoms with Crippen molar-refractivity contribution in [2.24, 2.45) is 11.3 Å². The molecule has 0 saturated carbocycles. The van der Waals surface area contributed by atoms with Gasteiger partial charge in [0, 0.05) is 19.4 Å². The van der Waals surface area contributed by atoms with Crippen molar-refractivity contribution in [3.63, 3.8) is 0 Å². The topological polar surface area (TPSA) is 38.7 Å². The van der Waals surface area contributed by atoms with Crippen molar-refractivity contribution in [2.45, 2.75) is 52.2 Å². The Labute approximate surface area is 139 Å². The fourth-order valence-corrected chi connectivity index (χ4v) is 3.63. The van der Waals surface area contributed by atoms with E-state index in [1.807, 2.05) is 0 Å². The minimum Gasteiger partial charge on any atom is -0.380 e. The van der Waals surface area contributed by atoms with E-state index in [0.717, 1.165) is 12.8 Å². The number of ether oxygens (including phenoxy) is 2. The molecule has 0 unspecified atom stereocenters. The third-order valence-corrected chi connectivity index (χ3v) is 4.90. The molecule has 0 spiro atoms. The van der Waals surface area contributed by atoms with E-state index in [1.165, 1.54) is 11.1 Å². The normalized spacial score (nSPS) is 30.9. The lowest BCUT2D eigenvalue weighted by Gasteiger charge is -2.44. The summed E-state index contributed by atoms with van der Waals surface area (Å²) in [4.78, 5) is 0. The average molecular weight is 314 g/mol. The van der Waals surface area contributed by atoms with Crippen LogP contribution in [-0.4, -0.2) is 31.2 Å². The van der Waals surface area contributed by atoms with E-state index in [0.29, 0.717) is 6.42 Å². The van der Waals surface area contributed by atoms with Gasteiger partial charge in [-0.25, -0.2) is 0 Å². The minimum absolute atomic E-state index is 0.0962. The molecule has 0 radical (unpaired) electrons. The molecule has 0 aliphatic heterocycles. The molecule has 124 valence electrons. The lowest BCUT2D eigenvalue weighted by molar-refractivity contribution is -0.0860. The summed E-state index contributed by atoms with van der Waals surface area (Å²) in [7, 11) is 1.62. The molecule has 0 heterocycles. The number of aliphatic hydroxyl groups is 1. The molecule has 0 aromatic carbocycles. The predicted molar refractivity (Wildman–Crippen MR) is 91.3 cm³/mol. The van der Waals surface area contributed by atoms with Crippen molar-refractivity contribution in [2.75, 3.05) is 13.9 Å². The molecule has 0 aromatic rings. The van der Waals surface area contributed by atoms with E-state index in [2.05, 4.69) is 44.5 Å². The predicted octanol–water partition coefficient (Wildman–Crippen LogP) is 3.06. The first-order valence-electron chi connectivity index (χ1n) is 8.11. The zero-order valence-corrected chi connectivity index (χ0v) is 14.5. The van der Waals surface area contributed by atoms with Crippen LogP contribution >= 0.6 is 0 Å². The fourth-order valence-electron chi connectivity index (χ4n) is 3.63. The van der Waals surface area contributed by atoms with Gasteiger partial charge in [0.1, 0.15) is 19.0 Å². The SMILES string of the molecule is COCO[C@@H]1C#C/C=C\C#C[C@@H](O)CC2=C(C)CC[C@@H]1C2(C)C. The van der Waals surface area contributed by atoms with E-state index in [9.17, 15) is 5.11 Å². The maximum atomic E-state index is 10.2. The van der Waals surface area contributed by atoms with E-state index in [4.69, 9.17) is 9.47 Å². The Morgan fingerprint density at radius 1 is 1.26 bits per heavy atom. The van der Waals surface area contributed by atoms with Crippen molar-refractivity contribution >= 4 is 0 Å². The average Bonchev–Trinajstić information content (AvgIpc) is 2.50. The van der Waals surface area contributed by atoms with Crippen molar-refractivity contribution in [3.8, 4) is 23.7 Å². The molecule has 2 bridgehead atoms. The monoisotopic (exact) mass is 314 g/mol. The zero-order valence-electron chi connectivity index (χ0n) is 14.5. The number of hydrogen-bond donors (Lipinski definition) is 1. The molecule has 0 amide bonds. The highest BCUT2D eigenvalue weighted by atomic mass is 16.7. The van der Waals surface area contributed by atoms with E-state index in [-0.39, 0.29) is 24.2 Å². The largest absolute Gasteiger partial charge is 0.380 e. The van der Waals surface area contributed by atoms with Crippen molar-refractivity contribution in [3.05, 3.63) is 23.3 Å². The molecule has 3 nitrogen and oxygen atoms in total. The molecule has 3 atom stereocenters. The molecule has 2 aliphatic rings. The third kappa shape index (κ3) is 4.27. The number of fused-ring (bicyclic) bond motifs is 2. The molecule has 0 saturated heterocycles. The smallest absolute Gasteiger partial charge is 0.148 e. The van der Waals surface area contributed by atoms with Crippen LogP contribution in [0, 0.1) is 35.0 Å². The summed E-state index contributed by atoms with van der Waals surface area (Å²) in [6.07, 6.45) is 5.16. The summed E-state index contributed by atoms with van der Waals surface area (Å²) in [6, 6.07) is 0. The standard InChI is InChI=1S/C20H26O3/c1-15-11-12-17-19(23-14-22-4)10-8-6-5-7-9-16(21)13-18(15)20(17,2)3/h5-6,16-17,19,21H,11-14H2,1-4H3/b6-5-/t16-,17+,19-/m1/s1. The second-order valence-corrected chi connectivity index (χ2v) is 6.75. The summed E-state index contributed by atoms with van der Waals surface area (Å²) in [5.41, 5.74) is 2.55. The lowest BCUT2D eigenvalue weighted by Crippen LogP contribution is -2.40. The van der Waals surface area contributed by atoms with Crippen LogP contribution in [0.4, 0.5) is 0 Å². The Morgan fingerprint density at radius 2 is 1.96 bits per heavy atom. The Morgan fingerprint density at radius 3 is 2.65 bits per heavy atom. The molecular weight excluding hydrogens is 288 g/mol. The van der Waals surface area contributed by atoms with Gasteiger partial charge in [0.25, 0.3) is 0 Å². The van der Waals surface area contributed by atoms with Gasteiger partial charge in [0.15, 0.2) is 0 Å². The molecule has 0 aromatic heterocycles.